The number of aliphatic hydroxyl groups excluding tert-OH is 1. The molecule has 0 saturated carbocycles. The second kappa shape index (κ2) is 1.78. The fourth-order valence-corrected chi connectivity index (χ4v) is 1.24. The Balaban J connectivity index is 2.52. The maximum Gasteiger partial charge on any atom is 0.0900 e. The van der Waals surface area contributed by atoms with Crippen molar-refractivity contribution in [2.45, 2.75) is 6.92 Å². The lowest BCUT2D eigenvalue weighted by molar-refractivity contribution is 0.407. The molecule has 0 aromatic heterocycles. The minimum atomic E-state index is 0.527. The molecule has 0 atom stereocenters. The van der Waals surface area contributed by atoms with E-state index in [0.29, 0.717) is 5.76 Å². The van der Waals surface area contributed by atoms with Crippen molar-refractivity contribution in [2.75, 3.05) is 11.5 Å². The van der Waals surface area contributed by atoms with E-state index < -0.39 is 0 Å². The molecule has 0 radical (unpaired) electrons. The number of thioether (sulfide) groups is 1. The molecule has 0 bridgehead atoms. The predicted octanol–water partition coefficient (Wildman–Crippen LogP) is 1.57. The smallest absolute Gasteiger partial charge is 0.0900 e. The van der Waals surface area contributed by atoms with Crippen LogP contribution in [0.3, 0.4) is 0 Å². The molecule has 1 fully saturated rings. The van der Waals surface area contributed by atoms with Crippen molar-refractivity contribution >= 4 is 11.8 Å². The van der Waals surface area contributed by atoms with Crippen LogP contribution < -0.4 is 0 Å². The lowest BCUT2D eigenvalue weighted by Crippen LogP contribution is -2.06. The molecule has 1 aliphatic heterocycles. The van der Waals surface area contributed by atoms with E-state index in [2.05, 4.69) is 0 Å². The van der Waals surface area contributed by atoms with Crippen LogP contribution in [0.2, 0.25) is 0 Å². The molecule has 1 N–H and O–H groups in total. The number of hydrogen-bond donors (Lipinski definition) is 1. The van der Waals surface area contributed by atoms with Crippen molar-refractivity contribution in [2.24, 2.45) is 0 Å². The third-order valence-corrected chi connectivity index (χ3v) is 2.17. The molecule has 40 valence electrons. The Bertz CT molecular complexity index is 96.6. The van der Waals surface area contributed by atoms with Gasteiger partial charge in [-0.25, -0.2) is 0 Å². The van der Waals surface area contributed by atoms with Gasteiger partial charge in [-0.05, 0) is 12.5 Å². The van der Waals surface area contributed by atoms with E-state index >= 15 is 0 Å². The van der Waals surface area contributed by atoms with Crippen molar-refractivity contribution in [3.63, 3.8) is 0 Å². The van der Waals surface area contributed by atoms with Crippen LogP contribution in [0.1, 0.15) is 6.92 Å². The van der Waals surface area contributed by atoms with Crippen molar-refractivity contribution < 1.29 is 5.11 Å². The molecule has 1 saturated heterocycles. The molecule has 0 aliphatic carbocycles. The van der Waals surface area contributed by atoms with E-state index in [4.69, 9.17) is 5.11 Å². The zero-order valence-corrected chi connectivity index (χ0v) is 5.09. The summed E-state index contributed by atoms with van der Waals surface area (Å²) in [5, 5.41) is 8.74. The molecule has 7 heavy (non-hydrogen) atoms. The fourth-order valence-electron chi connectivity index (χ4n) is 0.413. The minimum absolute atomic E-state index is 0.527. The van der Waals surface area contributed by atoms with E-state index in [9.17, 15) is 0 Å². The van der Waals surface area contributed by atoms with Crippen LogP contribution in [0, 0.1) is 0 Å². The summed E-state index contributed by atoms with van der Waals surface area (Å²) < 4.78 is 0. The first-order valence-electron chi connectivity index (χ1n) is 2.26. The molecule has 1 nitrogen and oxygen atoms in total. The van der Waals surface area contributed by atoms with Crippen LogP contribution in [-0.2, 0) is 0 Å². The van der Waals surface area contributed by atoms with Crippen molar-refractivity contribution in [1.29, 1.82) is 0 Å². The summed E-state index contributed by atoms with van der Waals surface area (Å²) in [4.78, 5) is 0. The Morgan fingerprint density at radius 1 is 1.71 bits per heavy atom. The Kier molecular flexibility index (Phi) is 1.28. The zero-order valence-electron chi connectivity index (χ0n) is 4.27. The summed E-state index contributed by atoms with van der Waals surface area (Å²) in [7, 11) is 0. The summed E-state index contributed by atoms with van der Waals surface area (Å²) in [5.41, 5.74) is 1.21. The van der Waals surface area contributed by atoms with Gasteiger partial charge in [0.1, 0.15) is 0 Å². The van der Waals surface area contributed by atoms with Gasteiger partial charge in [-0.15, -0.1) is 0 Å². The summed E-state index contributed by atoms with van der Waals surface area (Å²) in [6, 6.07) is 0. The normalized spacial score (nSPS) is 18.7. The SMILES string of the molecule is CC(O)=C1CSC1. The molecule has 1 heterocycles. The fraction of sp³-hybridized carbons (Fsp3) is 0.600. The van der Waals surface area contributed by atoms with Gasteiger partial charge in [0.25, 0.3) is 0 Å². The largest absolute Gasteiger partial charge is 0.513 e. The average Bonchev–Trinajstić information content (AvgIpc) is 1.23. The number of allylic oxidation sites excluding steroid dienone is 1. The molecular formula is C5H8OS. The predicted molar refractivity (Wildman–Crippen MR) is 32.7 cm³/mol. The van der Waals surface area contributed by atoms with Crippen LogP contribution in [-0.4, -0.2) is 16.6 Å². The molecule has 0 amide bonds. The summed E-state index contributed by atoms with van der Waals surface area (Å²) in [6.07, 6.45) is 0. The van der Waals surface area contributed by atoms with Gasteiger partial charge in [0.2, 0.25) is 0 Å². The third-order valence-electron chi connectivity index (χ3n) is 1.06. The molecule has 0 unspecified atom stereocenters. The molecule has 0 aromatic carbocycles. The molecule has 1 aliphatic rings. The Hall–Kier alpha value is -0.110. The van der Waals surface area contributed by atoms with Crippen LogP contribution in [0.25, 0.3) is 0 Å². The van der Waals surface area contributed by atoms with Gasteiger partial charge >= 0.3 is 0 Å². The Morgan fingerprint density at radius 3 is 2.29 bits per heavy atom. The van der Waals surface area contributed by atoms with Gasteiger partial charge in [0.05, 0.1) is 5.76 Å². The second-order valence-corrected chi connectivity index (χ2v) is 2.67. The maximum atomic E-state index is 8.74. The summed E-state index contributed by atoms with van der Waals surface area (Å²) >= 11 is 1.86. The Labute approximate surface area is 47.4 Å². The zero-order chi connectivity index (χ0) is 5.28. The highest BCUT2D eigenvalue weighted by atomic mass is 32.2. The van der Waals surface area contributed by atoms with Crippen LogP contribution in [0.5, 0.6) is 0 Å². The van der Waals surface area contributed by atoms with E-state index in [1.54, 1.807) is 6.92 Å². The van der Waals surface area contributed by atoms with Gasteiger partial charge in [-0.1, -0.05) is 0 Å². The highest BCUT2D eigenvalue weighted by molar-refractivity contribution is 8.01. The lowest BCUT2D eigenvalue weighted by Gasteiger charge is -2.15. The lowest BCUT2D eigenvalue weighted by atomic mass is 10.3. The number of hydrogen-bond acceptors (Lipinski definition) is 2. The van der Waals surface area contributed by atoms with E-state index in [1.165, 1.54) is 5.57 Å². The monoisotopic (exact) mass is 116 g/mol. The van der Waals surface area contributed by atoms with Crippen LogP contribution >= 0.6 is 11.8 Å². The van der Waals surface area contributed by atoms with Gasteiger partial charge in [-0.2, -0.15) is 11.8 Å². The quantitative estimate of drug-likeness (QED) is 0.485. The summed E-state index contributed by atoms with van der Waals surface area (Å²) in [5.74, 6) is 2.61. The highest BCUT2D eigenvalue weighted by Gasteiger charge is 2.10. The van der Waals surface area contributed by atoms with Gasteiger partial charge in [0.15, 0.2) is 0 Å². The standard InChI is InChI=1S/C5H8OS/c1-4(6)5-2-7-3-5/h6H,2-3H2,1H3. The third kappa shape index (κ3) is 0.911. The van der Waals surface area contributed by atoms with Crippen molar-refractivity contribution in [3.8, 4) is 0 Å². The van der Waals surface area contributed by atoms with E-state index in [0.717, 1.165) is 11.5 Å². The van der Waals surface area contributed by atoms with Crippen molar-refractivity contribution in [3.05, 3.63) is 11.3 Å². The topological polar surface area (TPSA) is 20.2 Å². The number of rotatable bonds is 0. The first-order chi connectivity index (χ1) is 3.30. The highest BCUT2D eigenvalue weighted by Crippen LogP contribution is 2.25. The molecule has 1 rings (SSSR count). The van der Waals surface area contributed by atoms with Crippen LogP contribution in [0.4, 0.5) is 0 Å². The average molecular weight is 116 g/mol. The maximum absolute atomic E-state index is 8.74. The first-order valence-corrected chi connectivity index (χ1v) is 3.41. The van der Waals surface area contributed by atoms with Crippen LogP contribution in [0.15, 0.2) is 11.3 Å². The molecule has 0 aromatic rings. The molecular weight excluding hydrogens is 108 g/mol. The Morgan fingerprint density at radius 2 is 2.29 bits per heavy atom. The van der Waals surface area contributed by atoms with Gasteiger partial charge < -0.3 is 5.11 Å². The summed E-state index contributed by atoms with van der Waals surface area (Å²) in [6.45, 7) is 1.75. The minimum Gasteiger partial charge on any atom is -0.513 e. The van der Waals surface area contributed by atoms with Gasteiger partial charge in [0, 0.05) is 11.5 Å². The molecule has 2 heteroatoms. The van der Waals surface area contributed by atoms with Gasteiger partial charge in [-0.3, -0.25) is 0 Å². The van der Waals surface area contributed by atoms with E-state index in [-0.39, 0.29) is 0 Å². The second-order valence-electron chi connectivity index (χ2n) is 1.68. The van der Waals surface area contributed by atoms with E-state index in [1.807, 2.05) is 11.8 Å². The molecule has 0 spiro atoms. The first kappa shape index (κ1) is 5.04. The van der Waals surface area contributed by atoms with Crippen molar-refractivity contribution in [1.82, 2.24) is 0 Å². The number of aliphatic hydroxyl groups is 1.